The average Bonchev–Trinajstić information content (AvgIpc) is 3.83. The fourth-order valence-electron chi connectivity index (χ4n) is 13.1. The molecule has 5 N–H and O–H groups in total. The number of aliphatic hydroxyl groups is 2. The second-order valence-corrected chi connectivity index (χ2v) is 24.8. The van der Waals surface area contributed by atoms with Crippen LogP contribution in [0.5, 0.6) is 5.88 Å². The van der Waals surface area contributed by atoms with Crippen molar-refractivity contribution in [3.63, 3.8) is 0 Å². The van der Waals surface area contributed by atoms with Crippen molar-refractivity contribution in [1.82, 2.24) is 19.6 Å². The second kappa shape index (κ2) is 19.4. The molecule has 18 heteroatoms. The summed E-state index contributed by atoms with van der Waals surface area (Å²) in [5, 5.41) is 38.1. The SMILES string of the molecule is CC(C)c1ccccc1[C@@H]1COCCN1C1CC2(CCN(c3ccc(C(=O)NS(=O)(=O)c4ccc(NC[C@H]5CC[C@](C)(O)CC5)c([N+](=O)[O-])c4)c(N4c5cc6cc[nH]c6nc5O[C@H]5C[C@](C)(O)CC[C@@H]54)c3)CC2)C1. The van der Waals surface area contributed by atoms with Crippen LogP contribution in [0.25, 0.3) is 11.0 Å². The number of piperidine rings is 1. The topological polar surface area (TPSA) is 216 Å². The number of carbonyl (C=O) groups excluding carboxylic acids is 1. The van der Waals surface area contributed by atoms with Crippen molar-refractivity contribution in [2.45, 2.75) is 145 Å². The number of ether oxygens (including phenoxy) is 2. The van der Waals surface area contributed by atoms with E-state index in [1.807, 2.05) is 31.2 Å². The molecule has 0 radical (unpaired) electrons. The fraction of sp³-hybridized carbons (Fsp3) is 0.536. The summed E-state index contributed by atoms with van der Waals surface area (Å²) in [5.41, 5.74) is 3.66. The van der Waals surface area contributed by atoms with E-state index in [9.17, 15) is 33.5 Å². The standard InChI is InChI=1S/C56H70N8O9S/c1-35(2)41-7-5-6-8-42(41)49-34-72-26-25-62(49)39-30-56(31-39)20-23-61(24-21-56)38-9-11-43(46(28-38)63-45-15-19-55(4,67)32-50(45)73-53-48(63)27-37-16-22-57-51(37)59-53)52(65)60-74(70,71)40-10-12-44(47(29-40)64(68)69)58-33-36-13-17-54(3,66)18-14-36/h5-12,16,22,27-29,35-36,39,45,49-50,58,66-67H,13-15,17-21,23-26,30-34H2,1-4H3,(H,57,59)(H,60,65)/t36-,45-,49-,50-,54-,55+/m0/s1. The van der Waals surface area contributed by atoms with Crippen LogP contribution in [-0.4, -0.2) is 113 Å². The van der Waals surface area contributed by atoms with Crippen molar-refractivity contribution in [2.75, 3.05) is 54.5 Å². The summed E-state index contributed by atoms with van der Waals surface area (Å²) in [6.07, 6.45) is 9.62. The van der Waals surface area contributed by atoms with Crippen molar-refractivity contribution in [3.8, 4) is 5.88 Å². The van der Waals surface area contributed by atoms with Crippen LogP contribution >= 0.6 is 0 Å². The highest BCUT2D eigenvalue weighted by atomic mass is 32.2. The number of nitrogens with zero attached hydrogens (tertiary/aromatic N) is 5. The highest BCUT2D eigenvalue weighted by Crippen LogP contribution is 2.54. The minimum Gasteiger partial charge on any atom is -0.470 e. The molecule has 3 aromatic carbocycles. The average molecular weight is 1030 g/mol. The number of anilines is 4. The van der Waals surface area contributed by atoms with Crippen LogP contribution in [-0.2, 0) is 14.8 Å². The molecule has 17 nitrogen and oxygen atoms in total. The molecular formula is C56H70N8O9S. The Balaban J connectivity index is 0.877. The third-order valence-electron chi connectivity index (χ3n) is 17.5. The Morgan fingerprint density at radius 1 is 0.919 bits per heavy atom. The molecule has 0 bridgehead atoms. The van der Waals surface area contributed by atoms with Crippen LogP contribution in [0.2, 0.25) is 0 Å². The molecule has 394 valence electrons. The predicted molar refractivity (Wildman–Crippen MR) is 284 cm³/mol. The number of morpholine rings is 1. The molecular weight excluding hydrogens is 961 g/mol. The Bertz CT molecular complexity index is 3040. The third-order valence-corrected chi connectivity index (χ3v) is 18.8. The van der Waals surface area contributed by atoms with Gasteiger partial charge in [-0.25, -0.2) is 13.1 Å². The third kappa shape index (κ3) is 9.83. The van der Waals surface area contributed by atoms with Crippen LogP contribution in [0.3, 0.4) is 0 Å². The van der Waals surface area contributed by atoms with Gasteiger partial charge in [0, 0.05) is 62.0 Å². The van der Waals surface area contributed by atoms with E-state index in [4.69, 9.17) is 14.5 Å². The van der Waals surface area contributed by atoms with E-state index in [2.05, 4.69) is 67.8 Å². The van der Waals surface area contributed by atoms with Gasteiger partial charge in [0.05, 0.1) is 57.6 Å². The first-order valence-electron chi connectivity index (χ1n) is 26.6. The lowest BCUT2D eigenvalue weighted by molar-refractivity contribution is -0.384. The molecule has 5 fully saturated rings. The number of hydrogen-bond acceptors (Lipinski definition) is 14. The number of aromatic amines is 1. The van der Waals surface area contributed by atoms with E-state index in [1.54, 1.807) is 19.2 Å². The number of benzene rings is 3. The number of carbonyl (C=O) groups is 1. The highest BCUT2D eigenvalue weighted by molar-refractivity contribution is 7.90. The molecule has 3 saturated carbocycles. The number of nitro benzene ring substituents is 1. The maximum atomic E-state index is 14.8. The summed E-state index contributed by atoms with van der Waals surface area (Å²) < 4.78 is 43.5. The fourth-order valence-corrected chi connectivity index (χ4v) is 14.1. The lowest BCUT2D eigenvalue weighted by Gasteiger charge is -2.57. The normalized spacial score (nSPS) is 27.3. The van der Waals surface area contributed by atoms with Crippen molar-refractivity contribution < 1.29 is 37.8 Å². The zero-order chi connectivity index (χ0) is 51.7. The number of pyridine rings is 1. The minimum atomic E-state index is -4.65. The van der Waals surface area contributed by atoms with Crippen LogP contribution in [0, 0.1) is 21.4 Å². The van der Waals surface area contributed by atoms with Gasteiger partial charge in [-0.2, -0.15) is 4.98 Å². The number of sulfonamides is 1. The van der Waals surface area contributed by atoms with Crippen molar-refractivity contribution in [1.29, 1.82) is 0 Å². The molecule has 3 aliphatic heterocycles. The van der Waals surface area contributed by atoms with Gasteiger partial charge in [0.25, 0.3) is 21.6 Å². The number of amides is 1. The summed E-state index contributed by atoms with van der Waals surface area (Å²) in [6, 6.07) is 22.2. The van der Waals surface area contributed by atoms with Gasteiger partial charge in [0.1, 0.15) is 23.1 Å². The smallest absolute Gasteiger partial charge is 0.293 e. The van der Waals surface area contributed by atoms with Gasteiger partial charge in [-0.05, 0) is 149 Å². The van der Waals surface area contributed by atoms with Gasteiger partial charge in [0.2, 0.25) is 5.88 Å². The Labute approximate surface area is 433 Å². The monoisotopic (exact) mass is 1030 g/mol. The quantitative estimate of drug-likeness (QED) is 0.0582. The first kappa shape index (κ1) is 50.4. The molecule has 5 heterocycles. The summed E-state index contributed by atoms with van der Waals surface area (Å²) in [6.45, 7) is 12.5. The second-order valence-electron chi connectivity index (χ2n) is 23.1. The summed E-state index contributed by atoms with van der Waals surface area (Å²) in [4.78, 5) is 41.3. The van der Waals surface area contributed by atoms with Crippen LogP contribution in [0.4, 0.5) is 28.4 Å². The number of hydrogen-bond donors (Lipinski definition) is 5. The van der Waals surface area contributed by atoms with Crippen molar-refractivity contribution in [2.24, 2.45) is 11.3 Å². The molecule has 74 heavy (non-hydrogen) atoms. The first-order chi connectivity index (χ1) is 35.3. The number of rotatable bonds is 12. The van der Waals surface area contributed by atoms with E-state index in [0.717, 1.165) is 81.9 Å². The highest BCUT2D eigenvalue weighted by Gasteiger charge is 2.51. The molecule has 4 atom stereocenters. The summed E-state index contributed by atoms with van der Waals surface area (Å²) >= 11 is 0. The molecule has 6 aliphatic rings. The van der Waals surface area contributed by atoms with Crippen LogP contribution < -0.4 is 24.6 Å². The largest absolute Gasteiger partial charge is 0.470 e. The Hall–Kier alpha value is -5.79. The van der Waals surface area contributed by atoms with Gasteiger partial charge in [-0.3, -0.25) is 19.8 Å². The number of nitrogens with one attached hydrogen (secondary N) is 3. The van der Waals surface area contributed by atoms with E-state index in [0.29, 0.717) is 80.1 Å². The lowest BCUT2D eigenvalue weighted by Crippen LogP contribution is -2.58. The van der Waals surface area contributed by atoms with Crippen molar-refractivity contribution >= 4 is 55.4 Å². The maximum absolute atomic E-state index is 14.8. The number of aromatic nitrogens is 2. The summed E-state index contributed by atoms with van der Waals surface area (Å²) in [5.74, 6) is 0.0379. The first-order valence-corrected chi connectivity index (χ1v) is 28.1. The molecule has 2 aromatic heterocycles. The van der Waals surface area contributed by atoms with Gasteiger partial charge in [-0.1, -0.05) is 38.1 Å². The Kier molecular flexibility index (Phi) is 13.2. The number of fused-ring (bicyclic) bond motifs is 3. The zero-order valence-electron chi connectivity index (χ0n) is 42.9. The maximum Gasteiger partial charge on any atom is 0.293 e. The molecule has 1 amide bonds. The molecule has 1 spiro atoms. The minimum absolute atomic E-state index is 0.0871. The Morgan fingerprint density at radius 2 is 1.68 bits per heavy atom. The van der Waals surface area contributed by atoms with E-state index >= 15 is 0 Å². The molecule has 11 rings (SSSR count). The summed E-state index contributed by atoms with van der Waals surface area (Å²) in [7, 11) is -4.65. The van der Waals surface area contributed by atoms with Crippen molar-refractivity contribution in [3.05, 3.63) is 106 Å². The van der Waals surface area contributed by atoms with E-state index in [1.165, 1.54) is 23.3 Å². The van der Waals surface area contributed by atoms with E-state index < -0.39 is 48.7 Å². The van der Waals surface area contributed by atoms with Gasteiger partial charge in [-0.15, -0.1) is 0 Å². The van der Waals surface area contributed by atoms with Gasteiger partial charge >= 0.3 is 0 Å². The predicted octanol–water partition coefficient (Wildman–Crippen LogP) is 9.09. The van der Waals surface area contributed by atoms with E-state index in [-0.39, 0.29) is 34.7 Å². The van der Waals surface area contributed by atoms with Crippen LogP contribution in [0.15, 0.2) is 83.9 Å². The molecule has 5 aromatic rings. The lowest BCUT2D eigenvalue weighted by atomic mass is 9.59. The Morgan fingerprint density at radius 3 is 2.43 bits per heavy atom. The number of nitro groups is 1. The van der Waals surface area contributed by atoms with Gasteiger partial charge < -0.3 is 39.8 Å². The molecule has 0 unspecified atom stereocenters. The molecule has 3 aliphatic carbocycles. The number of H-pyrrole nitrogens is 1. The van der Waals surface area contributed by atoms with Gasteiger partial charge in [0.15, 0.2) is 0 Å². The van der Waals surface area contributed by atoms with Crippen LogP contribution in [0.1, 0.15) is 132 Å². The zero-order valence-corrected chi connectivity index (χ0v) is 43.7. The molecule has 2 saturated heterocycles.